The van der Waals surface area contributed by atoms with Crippen LogP contribution in [0.4, 0.5) is 10.1 Å². The van der Waals surface area contributed by atoms with Crippen LogP contribution in [0, 0.1) is 5.82 Å². The van der Waals surface area contributed by atoms with E-state index in [0.717, 1.165) is 6.07 Å². The first-order valence-electron chi connectivity index (χ1n) is 5.06. The monoisotopic (exact) mass is 287 g/mol. The van der Waals surface area contributed by atoms with Crippen LogP contribution in [0.1, 0.15) is 17.3 Å². The van der Waals surface area contributed by atoms with Gasteiger partial charge in [0.2, 0.25) is 0 Å². The van der Waals surface area contributed by atoms with Gasteiger partial charge in [-0.15, -0.1) is 0 Å². The Labute approximate surface area is 113 Å². The standard InChI is InChI=1S/C12H8Cl2FNO2/c1-6(4-13)5-16-10-3-9(15)8(14)2-7(10)11(17)12(16)18/h2-4H,5H2,1H3/b6-4-. The van der Waals surface area contributed by atoms with Crippen molar-refractivity contribution in [2.45, 2.75) is 6.92 Å². The largest absolute Gasteiger partial charge is 0.301 e. The van der Waals surface area contributed by atoms with Gasteiger partial charge in [0.15, 0.2) is 0 Å². The molecule has 0 atom stereocenters. The summed E-state index contributed by atoms with van der Waals surface area (Å²) in [6.45, 7) is 1.84. The van der Waals surface area contributed by atoms with E-state index in [1.54, 1.807) is 6.92 Å². The van der Waals surface area contributed by atoms with Gasteiger partial charge in [0.25, 0.3) is 11.7 Å². The van der Waals surface area contributed by atoms with Crippen LogP contribution in [0.15, 0.2) is 23.2 Å². The van der Waals surface area contributed by atoms with Gasteiger partial charge >= 0.3 is 0 Å². The van der Waals surface area contributed by atoms with Gasteiger partial charge in [0.05, 0.1) is 16.3 Å². The maximum atomic E-state index is 13.4. The van der Waals surface area contributed by atoms with Crippen molar-refractivity contribution >= 4 is 40.6 Å². The Bertz CT molecular complexity index is 584. The number of ketones is 1. The highest BCUT2D eigenvalue weighted by Crippen LogP contribution is 2.33. The number of carbonyl (C=O) groups is 2. The van der Waals surface area contributed by atoms with Crippen LogP contribution in [-0.2, 0) is 4.79 Å². The summed E-state index contributed by atoms with van der Waals surface area (Å²) in [5.74, 6) is -2.06. The summed E-state index contributed by atoms with van der Waals surface area (Å²) in [4.78, 5) is 24.7. The smallest absolute Gasteiger partial charge is 0.299 e. The molecule has 0 aromatic heterocycles. The number of Topliss-reactive ketones (excluding diaryl/α,β-unsaturated/α-hetero) is 1. The Morgan fingerprint density at radius 1 is 1.44 bits per heavy atom. The van der Waals surface area contributed by atoms with Gasteiger partial charge in [-0.05, 0) is 24.6 Å². The normalized spacial score (nSPS) is 15.3. The molecule has 1 aromatic carbocycles. The first-order chi connectivity index (χ1) is 8.45. The van der Waals surface area contributed by atoms with Crippen LogP contribution < -0.4 is 4.90 Å². The lowest BCUT2D eigenvalue weighted by Gasteiger charge is -2.16. The number of amides is 1. The van der Waals surface area contributed by atoms with E-state index in [-0.39, 0.29) is 22.8 Å². The zero-order chi connectivity index (χ0) is 13.4. The highest BCUT2D eigenvalue weighted by molar-refractivity contribution is 6.52. The molecule has 0 bridgehead atoms. The van der Waals surface area contributed by atoms with Gasteiger partial charge in [-0.3, -0.25) is 9.59 Å². The predicted molar refractivity (Wildman–Crippen MR) is 67.7 cm³/mol. The minimum Gasteiger partial charge on any atom is -0.301 e. The van der Waals surface area contributed by atoms with Crippen LogP contribution >= 0.6 is 23.2 Å². The first-order valence-corrected chi connectivity index (χ1v) is 5.88. The molecule has 1 heterocycles. The van der Waals surface area contributed by atoms with E-state index in [9.17, 15) is 14.0 Å². The molecule has 0 unspecified atom stereocenters. The number of hydrogen-bond acceptors (Lipinski definition) is 2. The van der Waals surface area contributed by atoms with Crippen LogP contribution in [0.3, 0.4) is 0 Å². The van der Waals surface area contributed by atoms with Crippen molar-refractivity contribution in [3.8, 4) is 0 Å². The zero-order valence-corrected chi connectivity index (χ0v) is 10.8. The van der Waals surface area contributed by atoms with Gasteiger partial charge in [-0.25, -0.2) is 4.39 Å². The Morgan fingerprint density at radius 2 is 2.11 bits per heavy atom. The van der Waals surface area contributed by atoms with Crippen molar-refractivity contribution in [1.29, 1.82) is 0 Å². The third kappa shape index (κ3) is 2.02. The number of anilines is 1. The number of fused-ring (bicyclic) bond motifs is 1. The SMILES string of the molecule is C/C(=C/Cl)CN1C(=O)C(=O)c2cc(Cl)c(F)cc21. The minimum absolute atomic E-state index is 0.119. The van der Waals surface area contributed by atoms with Gasteiger partial charge in [-0.1, -0.05) is 23.2 Å². The quantitative estimate of drug-likeness (QED) is 0.784. The first kappa shape index (κ1) is 13.1. The molecule has 0 N–H and O–H groups in total. The van der Waals surface area contributed by atoms with Crippen molar-refractivity contribution in [3.63, 3.8) is 0 Å². The molecule has 1 aromatic rings. The fourth-order valence-corrected chi connectivity index (χ4v) is 1.96. The third-order valence-electron chi connectivity index (χ3n) is 2.61. The number of nitrogens with zero attached hydrogens (tertiary/aromatic N) is 1. The van der Waals surface area contributed by atoms with Crippen molar-refractivity contribution in [2.24, 2.45) is 0 Å². The van der Waals surface area contributed by atoms with Gasteiger partial charge in [0.1, 0.15) is 5.82 Å². The Balaban J connectivity index is 2.51. The summed E-state index contributed by atoms with van der Waals surface area (Å²) < 4.78 is 13.4. The molecule has 1 aliphatic rings. The van der Waals surface area contributed by atoms with E-state index >= 15 is 0 Å². The lowest BCUT2D eigenvalue weighted by molar-refractivity contribution is -0.114. The summed E-state index contributed by atoms with van der Waals surface area (Å²) in [5, 5.41) is -0.179. The minimum atomic E-state index is -0.704. The van der Waals surface area contributed by atoms with E-state index < -0.39 is 17.5 Å². The number of rotatable bonds is 2. The van der Waals surface area contributed by atoms with E-state index in [1.807, 2.05) is 0 Å². The molecular formula is C12H8Cl2FNO2. The molecule has 94 valence electrons. The summed E-state index contributed by atoms with van der Waals surface area (Å²) >= 11 is 11.1. The lowest BCUT2D eigenvalue weighted by atomic mass is 10.1. The van der Waals surface area contributed by atoms with E-state index in [2.05, 4.69) is 0 Å². The zero-order valence-electron chi connectivity index (χ0n) is 9.34. The summed E-state index contributed by atoms with van der Waals surface area (Å²) in [5.41, 5.74) is 2.33. The predicted octanol–water partition coefficient (Wildman–Crippen LogP) is 3.15. The van der Waals surface area contributed by atoms with E-state index in [4.69, 9.17) is 23.2 Å². The lowest BCUT2D eigenvalue weighted by Crippen LogP contribution is -2.31. The molecule has 0 radical (unpaired) electrons. The summed E-state index contributed by atoms with van der Waals surface area (Å²) in [6, 6.07) is 2.26. The number of carbonyl (C=O) groups excluding carboxylic acids is 2. The maximum absolute atomic E-state index is 13.4. The molecule has 18 heavy (non-hydrogen) atoms. The highest BCUT2D eigenvalue weighted by atomic mass is 35.5. The summed E-state index contributed by atoms with van der Waals surface area (Å²) in [7, 11) is 0. The highest BCUT2D eigenvalue weighted by Gasteiger charge is 2.36. The van der Waals surface area contributed by atoms with Crippen LogP contribution in [0.5, 0.6) is 0 Å². The van der Waals surface area contributed by atoms with Crippen molar-refractivity contribution in [1.82, 2.24) is 0 Å². The second-order valence-corrected chi connectivity index (χ2v) is 4.58. The van der Waals surface area contributed by atoms with Crippen LogP contribution in [-0.4, -0.2) is 18.2 Å². The molecule has 3 nitrogen and oxygen atoms in total. The molecule has 0 saturated heterocycles. The molecule has 0 fully saturated rings. The third-order valence-corrected chi connectivity index (χ3v) is 3.27. The second kappa shape index (κ2) is 4.71. The van der Waals surface area contributed by atoms with Gasteiger partial charge in [0, 0.05) is 12.1 Å². The number of hydrogen-bond donors (Lipinski definition) is 0. The average Bonchev–Trinajstić information content (AvgIpc) is 2.56. The molecule has 0 aliphatic carbocycles. The fourth-order valence-electron chi connectivity index (χ4n) is 1.73. The Kier molecular flexibility index (Phi) is 3.41. The molecule has 0 spiro atoms. The van der Waals surface area contributed by atoms with E-state index in [0.29, 0.717) is 5.57 Å². The van der Waals surface area contributed by atoms with Crippen molar-refractivity contribution in [2.75, 3.05) is 11.4 Å². The fraction of sp³-hybridized carbons (Fsp3) is 0.167. The Morgan fingerprint density at radius 3 is 2.72 bits per heavy atom. The molecule has 2 rings (SSSR count). The maximum Gasteiger partial charge on any atom is 0.299 e. The molecular weight excluding hydrogens is 280 g/mol. The second-order valence-electron chi connectivity index (χ2n) is 3.96. The number of halogens is 3. The summed E-state index contributed by atoms with van der Waals surface area (Å²) in [6.07, 6.45) is 0. The van der Waals surface area contributed by atoms with Crippen LogP contribution in [0.25, 0.3) is 0 Å². The van der Waals surface area contributed by atoms with Gasteiger partial charge in [-0.2, -0.15) is 0 Å². The molecule has 1 amide bonds. The Hall–Kier alpha value is -1.39. The van der Waals surface area contributed by atoms with Crippen molar-refractivity contribution in [3.05, 3.63) is 39.6 Å². The number of benzene rings is 1. The molecule has 0 saturated carbocycles. The molecule has 6 heteroatoms. The molecule has 1 aliphatic heterocycles. The van der Waals surface area contributed by atoms with Gasteiger partial charge < -0.3 is 4.90 Å². The average molecular weight is 288 g/mol. The van der Waals surface area contributed by atoms with Crippen molar-refractivity contribution < 1.29 is 14.0 Å². The topological polar surface area (TPSA) is 37.4 Å². The van der Waals surface area contributed by atoms with E-state index in [1.165, 1.54) is 16.5 Å². The van der Waals surface area contributed by atoms with Crippen LogP contribution in [0.2, 0.25) is 5.02 Å².